The minimum absolute atomic E-state index is 0.722. The summed E-state index contributed by atoms with van der Waals surface area (Å²) < 4.78 is 0.722. The summed E-state index contributed by atoms with van der Waals surface area (Å²) >= 11 is 3.19. The fourth-order valence-electron chi connectivity index (χ4n) is 0.506. The van der Waals surface area contributed by atoms with Crippen LogP contribution in [0.25, 0.3) is 0 Å². The number of nitrogens with zero attached hydrogens (tertiary/aromatic N) is 1. The van der Waals surface area contributed by atoms with Crippen molar-refractivity contribution in [2.75, 3.05) is 0 Å². The van der Waals surface area contributed by atoms with Crippen LogP contribution >= 0.6 is 15.9 Å². The van der Waals surface area contributed by atoms with Gasteiger partial charge in [-0.25, -0.2) is 4.98 Å². The molecule has 0 aliphatic rings. The maximum Gasteiger partial charge on any atom is 0.114 e. The molecule has 1 aromatic heterocycles. The molecule has 1 N–H and O–H groups in total. The normalized spacial score (nSPS) is 9.00. The minimum atomic E-state index is 0.722. The second-order valence-corrected chi connectivity index (χ2v) is 2.28. The zero-order valence-electron chi connectivity index (χ0n) is 4.63. The topological polar surface area (TPSA) is 36.7 Å². The Morgan fingerprint density at radius 3 is 2.89 bits per heavy atom. The van der Waals surface area contributed by atoms with Crippen molar-refractivity contribution in [3.8, 4) is 0 Å². The lowest BCUT2D eigenvalue weighted by atomic mass is 10.3. The van der Waals surface area contributed by atoms with Crippen molar-refractivity contribution < 1.29 is 0 Å². The van der Waals surface area contributed by atoms with Gasteiger partial charge >= 0.3 is 0 Å². The predicted molar refractivity (Wildman–Crippen MR) is 39.8 cm³/mol. The maximum atomic E-state index is 6.89. The molecule has 0 aromatic carbocycles. The largest absolute Gasteiger partial charge is 0.308 e. The molecule has 0 unspecified atom stereocenters. The second kappa shape index (κ2) is 2.73. The molecular weight excluding hydrogens is 180 g/mol. The lowest BCUT2D eigenvalue weighted by Crippen LogP contribution is -1.82. The van der Waals surface area contributed by atoms with E-state index >= 15 is 0 Å². The standard InChI is InChI=1S/C6H5BrN2/c7-6-5(4-8)2-1-3-9-6/h1-4,8H. The fraction of sp³-hybridized carbons (Fsp3) is 0. The third kappa shape index (κ3) is 1.36. The van der Waals surface area contributed by atoms with Crippen molar-refractivity contribution in [2.24, 2.45) is 0 Å². The highest BCUT2D eigenvalue weighted by Crippen LogP contribution is 2.08. The van der Waals surface area contributed by atoms with Crippen LogP contribution in [0.2, 0.25) is 0 Å². The monoisotopic (exact) mass is 184 g/mol. The molecule has 0 saturated carbocycles. The van der Waals surface area contributed by atoms with E-state index in [4.69, 9.17) is 5.41 Å². The van der Waals surface area contributed by atoms with Crippen molar-refractivity contribution >= 4 is 22.1 Å². The first kappa shape index (κ1) is 6.42. The van der Waals surface area contributed by atoms with E-state index in [0.29, 0.717) is 0 Å². The Morgan fingerprint density at radius 2 is 2.44 bits per heavy atom. The Hall–Kier alpha value is -0.700. The molecule has 0 fully saturated rings. The zero-order valence-corrected chi connectivity index (χ0v) is 6.22. The average molecular weight is 185 g/mol. The average Bonchev–Trinajstić information content (AvgIpc) is 1.89. The Bertz CT molecular complexity index is 222. The fourth-order valence-corrected chi connectivity index (χ4v) is 0.871. The van der Waals surface area contributed by atoms with E-state index in [2.05, 4.69) is 20.9 Å². The van der Waals surface area contributed by atoms with E-state index < -0.39 is 0 Å². The van der Waals surface area contributed by atoms with E-state index in [-0.39, 0.29) is 0 Å². The highest BCUT2D eigenvalue weighted by Gasteiger charge is 1.91. The van der Waals surface area contributed by atoms with Gasteiger partial charge in [-0.1, -0.05) is 0 Å². The summed E-state index contributed by atoms with van der Waals surface area (Å²) in [5, 5.41) is 6.89. The van der Waals surface area contributed by atoms with Gasteiger partial charge in [0, 0.05) is 18.0 Å². The highest BCUT2D eigenvalue weighted by molar-refractivity contribution is 9.10. The van der Waals surface area contributed by atoms with Crippen molar-refractivity contribution in [1.29, 1.82) is 5.41 Å². The van der Waals surface area contributed by atoms with Crippen LogP contribution in [-0.2, 0) is 0 Å². The van der Waals surface area contributed by atoms with Crippen LogP contribution in [0.4, 0.5) is 0 Å². The lowest BCUT2D eigenvalue weighted by Gasteiger charge is -1.91. The van der Waals surface area contributed by atoms with Crippen LogP contribution in [0, 0.1) is 5.41 Å². The summed E-state index contributed by atoms with van der Waals surface area (Å²) in [6, 6.07) is 3.62. The first-order valence-electron chi connectivity index (χ1n) is 2.45. The number of nitrogens with one attached hydrogen (secondary N) is 1. The molecule has 0 aliphatic heterocycles. The molecule has 1 aromatic rings. The van der Waals surface area contributed by atoms with E-state index in [1.54, 1.807) is 12.3 Å². The Kier molecular flexibility index (Phi) is 1.95. The lowest BCUT2D eigenvalue weighted by molar-refractivity contribution is 1.26. The van der Waals surface area contributed by atoms with Gasteiger partial charge in [-0.05, 0) is 28.1 Å². The quantitative estimate of drug-likeness (QED) is 0.525. The van der Waals surface area contributed by atoms with Gasteiger partial charge in [0.2, 0.25) is 0 Å². The number of aromatic nitrogens is 1. The molecule has 0 aliphatic carbocycles. The summed E-state index contributed by atoms with van der Waals surface area (Å²) in [7, 11) is 0. The van der Waals surface area contributed by atoms with Gasteiger partial charge in [0.25, 0.3) is 0 Å². The summed E-state index contributed by atoms with van der Waals surface area (Å²) in [5.74, 6) is 0. The van der Waals surface area contributed by atoms with Gasteiger partial charge in [0.15, 0.2) is 0 Å². The third-order valence-corrected chi connectivity index (χ3v) is 1.61. The van der Waals surface area contributed by atoms with Crippen LogP contribution in [0.15, 0.2) is 22.9 Å². The van der Waals surface area contributed by atoms with Crippen molar-refractivity contribution in [3.63, 3.8) is 0 Å². The number of halogens is 1. The van der Waals surface area contributed by atoms with Gasteiger partial charge in [0.1, 0.15) is 4.60 Å². The molecule has 0 radical (unpaired) electrons. The summed E-state index contributed by atoms with van der Waals surface area (Å²) in [5.41, 5.74) is 0.803. The van der Waals surface area contributed by atoms with E-state index in [9.17, 15) is 0 Å². The van der Waals surface area contributed by atoms with Gasteiger partial charge in [-0.2, -0.15) is 0 Å². The van der Waals surface area contributed by atoms with E-state index in [1.807, 2.05) is 6.07 Å². The molecule has 0 amide bonds. The minimum Gasteiger partial charge on any atom is -0.308 e. The summed E-state index contributed by atoms with van der Waals surface area (Å²) in [6.45, 7) is 0. The number of rotatable bonds is 1. The zero-order chi connectivity index (χ0) is 6.69. The summed E-state index contributed by atoms with van der Waals surface area (Å²) in [4.78, 5) is 3.92. The maximum absolute atomic E-state index is 6.89. The van der Waals surface area contributed by atoms with Crippen molar-refractivity contribution in [3.05, 3.63) is 28.5 Å². The molecule has 0 bridgehead atoms. The van der Waals surface area contributed by atoms with Gasteiger partial charge in [0.05, 0.1) is 0 Å². The van der Waals surface area contributed by atoms with Crippen LogP contribution in [-0.4, -0.2) is 11.2 Å². The van der Waals surface area contributed by atoms with Crippen LogP contribution in [0.3, 0.4) is 0 Å². The Labute approximate surface area is 61.6 Å². The van der Waals surface area contributed by atoms with Crippen molar-refractivity contribution in [1.82, 2.24) is 4.98 Å². The third-order valence-electron chi connectivity index (χ3n) is 0.943. The van der Waals surface area contributed by atoms with Gasteiger partial charge in [-0.15, -0.1) is 0 Å². The number of hydrogen-bond acceptors (Lipinski definition) is 2. The van der Waals surface area contributed by atoms with Crippen LogP contribution < -0.4 is 0 Å². The molecule has 0 saturated heterocycles. The molecule has 46 valence electrons. The first-order valence-corrected chi connectivity index (χ1v) is 3.25. The summed E-state index contributed by atoms with van der Waals surface area (Å²) in [6.07, 6.45) is 2.94. The van der Waals surface area contributed by atoms with Crippen LogP contribution in [0.1, 0.15) is 5.56 Å². The molecule has 9 heavy (non-hydrogen) atoms. The Morgan fingerprint density at radius 1 is 1.67 bits per heavy atom. The molecular formula is C6H5BrN2. The van der Waals surface area contributed by atoms with Gasteiger partial charge in [-0.3, -0.25) is 0 Å². The smallest absolute Gasteiger partial charge is 0.114 e. The second-order valence-electron chi connectivity index (χ2n) is 1.53. The predicted octanol–water partition coefficient (Wildman–Crippen LogP) is 1.84. The van der Waals surface area contributed by atoms with Crippen LogP contribution in [0.5, 0.6) is 0 Å². The Balaban J connectivity index is 3.15. The molecule has 0 atom stereocenters. The molecule has 1 heterocycles. The molecule has 2 nitrogen and oxygen atoms in total. The molecule has 1 rings (SSSR count). The van der Waals surface area contributed by atoms with E-state index in [0.717, 1.165) is 10.2 Å². The molecule has 3 heteroatoms. The van der Waals surface area contributed by atoms with Gasteiger partial charge < -0.3 is 5.41 Å². The van der Waals surface area contributed by atoms with Crippen molar-refractivity contribution in [2.45, 2.75) is 0 Å². The SMILES string of the molecule is N=Cc1cccnc1Br. The number of pyridine rings is 1. The molecule has 0 spiro atoms. The number of hydrogen-bond donors (Lipinski definition) is 1. The highest BCUT2D eigenvalue weighted by atomic mass is 79.9. The first-order chi connectivity index (χ1) is 4.34. The van der Waals surface area contributed by atoms with E-state index in [1.165, 1.54) is 6.21 Å².